The van der Waals surface area contributed by atoms with Gasteiger partial charge < -0.3 is 20.1 Å². The average Bonchev–Trinajstić information content (AvgIpc) is 2.81. The van der Waals surface area contributed by atoms with Crippen LogP contribution in [0.5, 0.6) is 5.75 Å². The molecule has 7 nitrogen and oxygen atoms in total. The third kappa shape index (κ3) is 6.63. The lowest BCUT2D eigenvalue weighted by atomic mass is 9.92. The van der Waals surface area contributed by atoms with Crippen molar-refractivity contribution in [2.75, 3.05) is 50.8 Å². The summed E-state index contributed by atoms with van der Waals surface area (Å²) in [6.45, 7) is 6.85. The molecule has 2 aliphatic heterocycles. The first-order valence-electron chi connectivity index (χ1n) is 11.6. The number of rotatable bonds is 9. The van der Waals surface area contributed by atoms with Crippen molar-refractivity contribution < 1.29 is 9.84 Å². The Kier molecular flexibility index (Phi) is 7.72. The van der Waals surface area contributed by atoms with Gasteiger partial charge >= 0.3 is 0 Å². The minimum absolute atomic E-state index is 0.545. The van der Waals surface area contributed by atoms with Crippen LogP contribution in [0.2, 0.25) is 0 Å². The van der Waals surface area contributed by atoms with Gasteiger partial charge in [0.25, 0.3) is 0 Å². The standard InChI is InChI=1S/C24H35N5O2/c30-24(8-5-13-29(20-24)23-18-25-9-10-27-23)19-26-17-21-6-4-7-22(16-21)31-15-14-28-11-2-1-3-12-28/h4,6-7,9-10,16,18,26,30H,1-3,5,8,11-15,17,19-20H2. The number of benzene rings is 1. The summed E-state index contributed by atoms with van der Waals surface area (Å²) in [5.41, 5.74) is 0.402. The first-order valence-corrected chi connectivity index (χ1v) is 11.6. The molecule has 7 heteroatoms. The van der Waals surface area contributed by atoms with Crippen molar-refractivity contribution in [3.63, 3.8) is 0 Å². The molecular formula is C24H35N5O2. The molecule has 2 fully saturated rings. The number of aliphatic hydroxyl groups is 1. The molecule has 2 saturated heterocycles. The van der Waals surface area contributed by atoms with Crippen LogP contribution in [0.15, 0.2) is 42.9 Å². The van der Waals surface area contributed by atoms with E-state index in [0.717, 1.165) is 44.1 Å². The summed E-state index contributed by atoms with van der Waals surface area (Å²) < 4.78 is 5.99. The molecule has 0 saturated carbocycles. The maximum atomic E-state index is 11.1. The number of hydrogen-bond acceptors (Lipinski definition) is 7. The van der Waals surface area contributed by atoms with E-state index >= 15 is 0 Å². The predicted octanol–water partition coefficient (Wildman–Crippen LogP) is 2.46. The van der Waals surface area contributed by atoms with E-state index < -0.39 is 5.60 Å². The molecule has 4 rings (SSSR count). The fraction of sp³-hybridized carbons (Fsp3) is 0.583. The number of nitrogens with one attached hydrogen (secondary N) is 1. The molecule has 0 amide bonds. The first-order chi connectivity index (χ1) is 15.2. The maximum Gasteiger partial charge on any atom is 0.147 e. The Morgan fingerprint density at radius 1 is 1.10 bits per heavy atom. The molecule has 0 spiro atoms. The quantitative estimate of drug-likeness (QED) is 0.639. The Hall–Kier alpha value is -2.22. The summed E-state index contributed by atoms with van der Waals surface area (Å²) in [4.78, 5) is 13.1. The molecule has 0 bridgehead atoms. The van der Waals surface area contributed by atoms with Crippen LogP contribution in [0, 0.1) is 0 Å². The highest BCUT2D eigenvalue weighted by molar-refractivity contribution is 5.36. The smallest absolute Gasteiger partial charge is 0.147 e. The normalized spacial score (nSPS) is 22.4. The molecule has 0 radical (unpaired) electrons. The van der Waals surface area contributed by atoms with Gasteiger partial charge in [0.05, 0.1) is 11.8 Å². The molecule has 2 aliphatic rings. The zero-order chi connectivity index (χ0) is 21.4. The van der Waals surface area contributed by atoms with Gasteiger partial charge in [-0.25, -0.2) is 4.98 Å². The minimum Gasteiger partial charge on any atom is -0.492 e. The molecule has 2 aromatic rings. The highest BCUT2D eigenvalue weighted by Gasteiger charge is 2.33. The Morgan fingerprint density at radius 3 is 2.84 bits per heavy atom. The third-order valence-electron chi connectivity index (χ3n) is 6.24. The molecule has 0 aliphatic carbocycles. The number of anilines is 1. The van der Waals surface area contributed by atoms with Crippen molar-refractivity contribution in [3.8, 4) is 5.75 Å². The van der Waals surface area contributed by atoms with Gasteiger partial charge in [-0.2, -0.15) is 0 Å². The largest absolute Gasteiger partial charge is 0.492 e. The van der Waals surface area contributed by atoms with Gasteiger partial charge in [-0.05, 0) is 56.5 Å². The van der Waals surface area contributed by atoms with Gasteiger partial charge in [-0.1, -0.05) is 18.6 Å². The van der Waals surface area contributed by atoms with Crippen LogP contribution in [-0.4, -0.2) is 71.5 Å². The summed E-state index contributed by atoms with van der Waals surface area (Å²) in [5, 5.41) is 14.5. The lowest BCUT2D eigenvalue weighted by Gasteiger charge is -2.39. The zero-order valence-electron chi connectivity index (χ0n) is 18.4. The SMILES string of the molecule is OC1(CNCc2cccc(OCCN3CCCCC3)c2)CCCN(c2cnccn2)C1. The molecule has 3 heterocycles. The van der Waals surface area contributed by atoms with Crippen molar-refractivity contribution >= 4 is 5.82 Å². The van der Waals surface area contributed by atoms with Crippen LogP contribution in [0.4, 0.5) is 5.82 Å². The highest BCUT2D eigenvalue weighted by Crippen LogP contribution is 2.24. The lowest BCUT2D eigenvalue weighted by molar-refractivity contribution is 0.0258. The number of β-amino-alcohol motifs (C(OH)–C–C–N with tert-alkyl or cyclic N) is 1. The van der Waals surface area contributed by atoms with Crippen LogP contribution in [-0.2, 0) is 6.54 Å². The average molecular weight is 426 g/mol. The van der Waals surface area contributed by atoms with Crippen LogP contribution in [0.25, 0.3) is 0 Å². The Bertz CT molecular complexity index is 800. The van der Waals surface area contributed by atoms with Crippen molar-refractivity contribution in [2.24, 2.45) is 0 Å². The Labute approximate surface area is 185 Å². The van der Waals surface area contributed by atoms with Crippen LogP contribution < -0.4 is 15.0 Å². The molecule has 168 valence electrons. The van der Waals surface area contributed by atoms with E-state index in [2.05, 4.69) is 37.2 Å². The van der Waals surface area contributed by atoms with E-state index in [0.29, 0.717) is 19.6 Å². The maximum absolute atomic E-state index is 11.1. The van der Waals surface area contributed by atoms with Crippen molar-refractivity contribution in [1.82, 2.24) is 20.2 Å². The van der Waals surface area contributed by atoms with E-state index in [1.54, 1.807) is 18.6 Å². The summed E-state index contributed by atoms with van der Waals surface area (Å²) in [6, 6.07) is 8.26. The molecule has 1 atom stereocenters. The molecular weight excluding hydrogens is 390 g/mol. The summed E-state index contributed by atoms with van der Waals surface area (Å²) in [7, 11) is 0. The lowest BCUT2D eigenvalue weighted by Crippen LogP contribution is -2.53. The van der Waals surface area contributed by atoms with Crippen LogP contribution in [0.3, 0.4) is 0 Å². The summed E-state index contributed by atoms with van der Waals surface area (Å²) >= 11 is 0. The number of ether oxygens (including phenoxy) is 1. The Balaban J connectivity index is 1.22. The second-order valence-electron chi connectivity index (χ2n) is 8.81. The number of hydrogen-bond donors (Lipinski definition) is 2. The molecule has 2 N–H and O–H groups in total. The van der Waals surface area contributed by atoms with Gasteiger partial charge in [0, 0.05) is 45.1 Å². The van der Waals surface area contributed by atoms with Gasteiger partial charge in [0.15, 0.2) is 0 Å². The molecule has 1 aromatic heterocycles. The van der Waals surface area contributed by atoms with Gasteiger partial charge in [0.2, 0.25) is 0 Å². The number of piperidine rings is 2. The third-order valence-corrected chi connectivity index (χ3v) is 6.24. The van der Waals surface area contributed by atoms with Crippen molar-refractivity contribution in [2.45, 2.75) is 44.2 Å². The number of nitrogens with zero attached hydrogens (tertiary/aromatic N) is 4. The van der Waals surface area contributed by atoms with Gasteiger partial charge in [-0.15, -0.1) is 0 Å². The van der Waals surface area contributed by atoms with Gasteiger partial charge in [0.1, 0.15) is 18.2 Å². The summed E-state index contributed by atoms with van der Waals surface area (Å²) in [5.74, 6) is 1.75. The topological polar surface area (TPSA) is 73.8 Å². The fourth-order valence-electron chi connectivity index (χ4n) is 4.57. The van der Waals surface area contributed by atoms with Gasteiger partial charge in [-0.3, -0.25) is 9.88 Å². The van der Waals surface area contributed by atoms with E-state index in [1.807, 2.05) is 12.1 Å². The summed E-state index contributed by atoms with van der Waals surface area (Å²) in [6.07, 6.45) is 10.8. The molecule has 1 aromatic carbocycles. The molecule has 31 heavy (non-hydrogen) atoms. The van der Waals surface area contributed by atoms with E-state index in [1.165, 1.54) is 37.9 Å². The van der Waals surface area contributed by atoms with Crippen LogP contribution in [0.1, 0.15) is 37.7 Å². The second-order valence-corrected chi connectivity index (χ2v) is 8.81. The Morgan fingerprint density at radius 2 is 2.00 bits per heavy atom. The monoisotopic (exact) mass is 425 g/mol. The van der Waals surface area contributed by atoms with Crippen LogP contribution >= 0.6 is 0 Å². The number of aromatic nitrogens is 2. The first kappa shape index (κ1) is 22.0. The van der Waals surface area contributed by atoms with Crippen molar-refractivity contribution in [1.29, 1.82) is 0 Å². The van der Waals surface area contributed by atoms with E-state index in [9.17, 15) is 5.11 Å². The minimum atomic E-state index is -0.766. The fourth-order valence-corrected chi connectivity index (χ4v) is 4.57. The predicted molar refractivity (Wildman–Crippen MR) is 122 cm³/mol. The molecule has 1 unspecified atom stereocenters. The number of likely N-dealkylation sites (tertiary alicyclic amines) is 1. The van der Waals surface area contributed by atoms with E-state index in [-0.39, 0.29) is 0 Å². The zero-order valence-corrected chi connectivity index (χ0v) is 18.4. The second kappa shape index (κ2) is 10.9. The van der Waals surface area contributed by atoms with E-state index in [4.69, 9.17) is 4.74 Å². The highest BCUT2D eigenvalue weighted by atomic mass is 16.5. The van der Waals surface area contributed by atoms with Crippen molar-refractivity contribution in [3.05, 3.63) is 48.4 Å².